The van der Waals surface area contributed by atoms with Crippen molar-refractivity contribution in [3.8, 4) is 28.6 Å². The molecule has 33 heavy (non-hydrogen) atoms. The van der Waals surface area contributed by atoms with Gasteiger partial charge in [0, 0.05) is 29.5 Å². The summed E-state index contributed by atoms with van der Waals surface area (Å²) in [6, 6.07) is 10.0. The van der Waals surface area contributed by atoms with Crippen LogP contribution in [0.3, 0.4) is 0 Å². The van der Waals surface area contributed by atoms with E-state index in [0.29, 0.717) is 29.1 Å². The zero-order valence-corrected chi connectivity index (χ0v) is 18.1. The maximum atomic E-state index is 10.2. The summed E-state index contributed by atoms with van der Waals surface area (Å²) in [7, 11) is 0. The zero-order chi connectivity index (χ0) is 23.5. The predicted octanol–water partition coefficient (Wildman–Crippen LogP) is 1.70. The van der Waals surface area contributed by atoms with Gasteiger partial charge in [0.25, 0.3) is 0 Å². The van der Waals surface area contributed by atoms with E-state index in [4.69, 9.17) is 18.6 Å². The SMILES string of the molecule is CC(C)(O)[C@H]1Cc2cc3cc(-c4cc(O)cc(O[C@@H]5OC[C@@H](O)[C@H](O)[C@H]5O)c4)oc3cc2O1. The molecule has 0 saturated carbocycles. The van der Waals surface area contributed by atoms with Crippen LogP contribution in [0, 0.1) is 0 Å². The fourth-order valence-corrected chi connectivity index (χ4v) is 4.13. The molecule has 5 rings (SSSR count). The molecule has 0 unspecified atom stereocenters. The summed E-state index contributed by atoms with van der Waals surface area (Å²) in [6.45, 7) is 3.24. The third-order valence-corrected chi connectivity index (χ3v) is 6.04. The molecule has 9 heteroatoms. The number of phenols is 1. The Kier molecular flexibility index (Phi) is 5.26. The van der Waals surface area contributed by atoms with E-state index in [9.17, 15) is 25.5 Å². The smallest absolute Gasteiger partial charge is 0.228 e. The Bertz CT molecular complexity index is 1140. The molecule has 0 radical (unpaired) electrons. The molecular weight excluding hydrogens is 432 g/mol. The first kappa shape index (κ1) is 22.0. The molecule has 1 fully saturated rings. The molecule has 5 atom stereocenters. The number of rotatable bonds is 4. The van der Waals surface area contributed by atoms with Crippen LogP contribution in [0.4, 0.5) is 0 Å². The van der Waals surface area contributed by atoms with Gasteiger partial charge in [0.1, 0.15) is 53.0 Å². The first-order chi connectivity index (χ1) is 15.6. The van der Waals surface area contributed by atoms with Crippen LogP contribution in [0.1, 0.15) is 19.4 Å². The van der Waals surface area contributed by atoms with Gasteiger partial charge < -0.3 is 44.2 Å². The fourth-order valence-electron chi connectivity index (χ4n) is 4.13. The van der Waals surface area contributed by atoms with Crippen LogP contribution < -0.4 is 9.47 Å². The normalized spacial score (nSPS) is 27.4. The number of benzene rings is 2. The monoisotopic (exact) mass is 458 g/mol. The largest absolute Gasteiger partial charge is 0.508 e. The molecule has 3 aromatic rings. The maximum absolute atomic E-state index is 10.2. The predicted molar refractivity (Wildman–Crippen MR) is 116 cm³/mol. The number of fused-ring (bicyclic) bond motifs is 2. The molecule has 3 heterocycles. The molecule has 2 aromatic carbocycles. The number of hydrogen-bond acceptors (Lipinski definition) is 9. The molecule has 0 aliphatic carbocycles. The molecule has 176 valence electrons. The third-order valence-electron chi connectivity index (χ3n) is 6.04. The zero-order valence-electron chi connectivity index (χ0n) is 18.1. The second kappa shape index (κ2) is 7.89. The molecule has 1 saturated heterocycles. The van der Waals surface area contributed by atoms with E-state index >= 15 is 0 Å². The Morgan fingerprint density at radius 3 is 2.55 bits per heavy atom. The lowest BCUT2D eigenvalue weighted by Gasteiger charge is -2.34. The number of hydrogen-bond donors (Lipinski definition) is 5. The number of aliphatic hydroxyl groups excluding tert-OH is 3. The minimum Gasteiger partial charge on any atom is -0.508 e. The number of phenolic OH excluding ortho intramolecular Hbond substituents is 1. The molecule has 0 amide bonds. The summed E-state index contributed by atoms with van der Waals surface area (Å²) in [5.41, 5.74) is 1.13. The Hall–Kier alpha value is -2.82. The molecule has 9 nitrogen and oxygen atoms in total. The minimum atomic E-state index is -1.46. The molecule has 5 N–H and O–H groups in total. The van der Waals surface area contributed by atoms with Crippen LogP contribution in [-0.4, -0.2) is 68.4 Å². The molecule has 2 aliphatic heterocycles. The van der Waals surface area contributed by atoms with E-state index in [2.05, 4.69) is 0 Å². The van der Waals surface area contributed by atoms with E-state index in [-0.39, 0.29) is 24.2 Å². The molecular formula is C24H26O9. The van der Waals surface area contributed by atoms with Crippen molar-refractivity contribution >= 4 is 11.0 Å². The fraction of sp³-hybridized carbons (Fsp3) is 0.417. The minimum absolute atomic E-state index is 0.0901. The van der Waals surface area contributed by atoms with Crippen LogP contribution in [-0.2, 0) is 11.2 Å². The van der Waals surface area contributed by atoms with Crippen molar-refractivity contribution in [1.82, 2.24) is 0 Å². The highest BCUT2D eigenvalue weighted by Gasteiger charge is 2.39. The van der Waals surface area contributed by atoms with Gasteiger partial charge in [-0.3, -0.25) is 0 Å². The van der Waals surface area contributed by atoms with Crippen molar-refractivity contribution in [3.05, 3.63) is 42.0 Å². The Morgan fingerprint density at radius 1 is 1.00 bits per heavy atom. The van der Waals surface area contributed by atoms with Gasteiger partial charge in [0.15, 0.2) is 0 Å². The van der Waals surface area contributed by atoms with E-state index in [1.165, 1.54) is 12.1 Å². The lowest BCUT2D eigenvalue weighted by Crippen LogP contribution is -2.54. The van der Waals surface area contributed by atoms with Crippen molar-refractivity contribution in [2.45, 2.75) is 56.6 Å². The van der Waals surface area contributed by atoms with Crippen molar-refractivity contribution in [2.24, 2.45) is 0 Å². The van der Waals surface area contributed by atoms with Gasteiger partial charge in [0.2, 0.25) is 6.29 Å². The van der Waals surface area contributed by atoms with Crippen molar-refractivity contribution in [2.75, 3.05) is 6.61 Å². The number of aliphatic hydroxyl groups is 4. The highest BCUT2D eigenvalue weighted by atomic mass is 16.7. The second-order valence-corrected chi connectivity index (χ2v) is 9.16. The first-order valence-electron chi connectivity index (χ1n) is 10.7. The number of furan rings is 1. The highest BCUT2D eigenvalue weighted by molar-refractivity contribution is 5.85. The topological polar surface area (TPSA) is 142 Å². The Balaban J connectivity index is 1.41. The van der Waals surface area contributed by atoms with Gasteiger partial charge >= 0.3 is 0 Å². The number of aromatic hydroxyl groups is 1. The van der Waals surface area contributed by atoms with Crippen molar-refractivity contribution < 1.29 is 44.2 Å². The Labute approximate surface area is 189 Å². The highest BCUT2D eigenvalue weighted by Crippen LogP contribution is 2.40. The van der Waals surface area contributed by atoms with Crippen LogP contribution in [0.25, 0.3) is 22.3 Å². The van der Waals surface area contributed by atoms with Crippen LogP contribution in [0.2, 0.25) is 0 Å². The lowest BCUT2D eigenvalue weighted by molar-refractivity contribution is -0.242. The first-order valence-corrected chi connectivity index (χ1v) is 10.7. The van der Waals surface area contributed by atoms with E-state index in [1.807, 2.05) is 12.1 Å². The van der Waals surface area contributed by atoms with E-state index in [1.54, 1.807) is 26.0 Å². The third kappa shape index (κ3) is 4.14. The average Bonchev–Trinajstić information content (AvgIpc) is 3.35. The van der Waals surface area contributed by atoms with Gasteiger partial charge in [0.05, 0.1) is 12.2 Å². The van der Waals surface area contributed by atoms with Crippen LogP contribution in [0.15, 0.2) is 40.8 Å². The molecule has 0 spiro atoms. The number of ether oxygens (including phenoxy) is 3. The standard InChI is InChI=1S/C24H26O9/c1-24(2,29)20-7-12-3-11-6-17(32-18(11)9-19(12)33-20)13-4-14(25)8-15(5-13)31-23-22(28)21(27)16(26)10-30-23/h3-6,8-9,16,20-23,25-29H,7,10H2,1-2H3/t16-,20-,21+,22-,23+/m1/s1. The van der Waals surface area contributed by atoms with Crippen LogP contribution >= 0.6 is 0 Å². The van der Waals surface area contributed by atoms with Gasteiger partial charge in [-0.05, 0) is 43.7 Å². The summed E-state index contributed by atoms with van der Waals surface area (Å²) >= 11 is 0. The summed E-state index contributed by atoms with van der Waals surface area (Å²) in [4.78, 5) is 0. The van der Waals surface area contributed by atoms with Crippen LogP contribution in [0.5, 0.6) is 17.2 Å². The van der Waals surface area contributed by atoms with Crippen molar-refractivity contribution in [1.29, 1.82) is 0 Å². The maximum Gasteiger partial charge on any atom is 0.228 e. The summed E-state index contributed by atoms with van der Waals surface area (Å²) < 4.78 is 22.8. The van der Waals surface area contributed by atoms with Crippen molar-refractivity contribution in [3.63, 3.8) is 0 Å². The quantitative estimate of drug-likeness (QED) is 0.395. The van der Waals surface area contributed by atoms with Gasteiger partial charge in [-0.25, -0.2) is 0 Å². The Morgan fingerprint density at radius 2 is 1.79 bits per heavy atom. The summed E-state index contributed by atoms with van der Waals surface area (Å²) in [5, 5.41) is 50.8. The second-order valence-electron chi connectivity index (χ2n) is 9.16. The van der Waals surface area contributed by atoms with E-state index in [0.717, 1.165) is 10.9 Å². The summed E-state index contributed by atoms with van der Waals surface area (Å²) in [5.74, 6) is 1.25. The van der Waals surface area contributed by atoms with Gasteiger partial charge in [-0.1, -0.05) is 0 Å². The molecule has 1 aromatic heterocycles. The molecule has 2 aliphatic rings. The molecule has 0 bridgehead atoms. The van der Waals surface area contributed by atoms with E-state index < -0.39 is 30.2 Å². The van der Waals surface area contributed by atoms with Gasteiger partial charge in [-0.15, -0.1) is 0 Å². The summed E-state index contributed by atoms with van der Waals surface area (Å²) in [6.07, 6.45) is -5.03. The average molecular weight is 458 g/mol. The lowest BCUT2D eigenvalue weighted by atomic mass is 9.97. The van der Waals surface area contributed by atoms with Gasteiger partial charge in [-0.2, -0.15) is 0 Å².